The molecule has 0 saturated carbocycles. The summed E-state index contributed by atoms with van der Waals surface area (Å²) in [6, 6.07) is 6.05. The Labute approximate surface area is 107 Å². The predicted octanol–water partition coefficient (Wildman–Crippen LogP) is 4.85. The van der Waals surface area contributed by atoms with Crippen LogP contribution in [0.4, 0.5) is 4.39 Å². The van der Waals surface area contributed by atoms with Gasteiger partial charge in [-0.3, -0.25) is 0 Å². The first-order valence-electron chi connectivity index (χ1n) is 4.35. The third-order valence-corrected chi connectivity index (χ3v) is 3.13. The van der Waals surface area contributed by atoms with Crippen LogP contribution in [0.5, 0.6) is 0 Å². The standard InChI is InChI=1S/C11H5Cl3FN/c12-8-5-6(1-2-9(8)15)7-3-4-16-11(14)10(7)13/h1-5H. The van der Waals surface area contributed by atoms with Crippen LogP contribution < -0.4 is 0 Å². The summed E-state index contributed by atoms with van der Waals surface area (Å²) in [5.74, 6) is -0.471. The topological polar surface area (TPSA) is 12.9 Å². The van der Waals surface area contributed by atoms with Crippen molar-refractivity contribution in [2.45, 2.75) is 0 Å². The lowest BCUT2D eigenvalue weighted by Gasteiger charge is -2.05. The van der Waals surface area contributed by atoms with Gasteiger partial charge in [0.05, 0.1) is 10.0 Å². The Bertz CT molecular complexity index is 543. The van der Waals surface area contributed by atoms with Gasteiger partial charge in [0.1, 0.15) is 11.0 Å². The van der Waals surface area contributed by atoms with Gasteiger partial charge < -0.3 is 0 Å². The van der Waals surface area contributed by atoms with E-state index in [1.165, 1.54) is 18.3 Å². The van der Waals surface area contributed by atoms with E-state index in [1.807, 2.05) is 0 Å². The molecule has 2 rings (SSSR count). The molecule has 0 aliphatic heterocycles. The molecule has 0 fully saturated rings. The summed E-state index contributed by atoms with van der Waals surface area (Å²) in [4.78, 5) is 3.83. The van der Waals surface area contributed by atoms with Crippen LogP contribution in [0.25, 0.3) is 11.1 Å². The van der Waals surface area contributed by atoms with Crippen LogP contribution in [0.2, 0.25) is 15.2 Å². The van der Waals surface area contributed by atoms with E-state index in [1.54, 1.807) is 12.1 Å². The maximum atomic E-state index is 13.0. The second kappa shape index (κ2) is 4.58. The van der Waals surface area contributed by atoms with Gasteiger partial charge in [-0.05, 0) is 23.8 Å². The largest absolute Gasteiger partial charge is 0.243 e. The van der Waals surface area contributed by atoms with Crippen molar-refractivity contribution >= 4 is 34.8 Å². The molecule has 1 aromatic carbocycles. The monoisotopic (exact) mass is 275 g/mol. The Kier molecular flexibility index (Phi) is 3.33. The zero-order valence-electron chi connectivity index (χ0n) is 7.85. The molecule has 1 aromatic heterocycles. The lowest BCUT2D eigenvalue weighted by atomic mass is 10.1. The molecule has 0 aliphatic rings. The molecule has 0 spiro atoms. The quantitative estimate of drug-likeness (QED) is 0.679. The van der Waals surface area contributed by atoms with Crippen molar-refractivity contribution in [1.82, 2.24) is 4.98 Å². The molecular weight excluding hydrogens is 271 g/mol. The molecule has 0 N–H and O–H groups in total. The molecule has 0 amide bonds. The Morgan fingerprint density at radius 1 is 1.06 bits per heavy atom. The Hall–Kier alpha value is -0.830. The van der Waals surface area contributed by atoms with Gasteiger partial charge in [0.2, 0.25) is 0 Å². The van der Waals surface area contributed by atoms with Crippen molar-refractivity contribution in [3.63, 3.8) is 0 Å². The van der Waals surface area contributed by atoms with E-state index < -0.39 is 5.82 Å². The molecule has 0 aliphatic carbocycles. The number of benzene rings is 1. The van der Waals surface area contributed by atoms with Crippen molar-refractivity contribution < 1.29 is 4.39 Å². The number of pyridine rings is 1. The van der Waals surface area contributed by atoms with Gasteiger partial charge >= 0.3 is 0 Å². The van der Waals surface area contributed by atoms with Gasteiger partial charge in [-0.15, -0.1) is 0 Å². The fraction of sp³-hybridized carbons (Fsp3) is 0. The lowest BCUT2D eigenvalue weighted by molar-refractivity contribution is 0.628. The molecule has 1 heterocycles. The van der Waals surface area contributed by atoms with E-state index in [4.69, 9.17) is 34.8 Å². The van der Waals surface area contributed by atoms with Gasteiger partial charge in [0, 0.05) is 11.8 Å². The third-order valence-electron chi connectivity index (χ3n) is 2.08. The van der Waals surface area contributed by atoms with Crippen LogP contribution in [0.3, 0.4) is 0 Å². The van der Waals surface area contributed by atoms with Crippen LogP contribution >= 0.6 is 34.8 Å². The first-order chi connectivity index (χ1) is 7.59. The molecule has 16 heavy (non-hydrogen) atoms. The SMILES string of the molecule is Fc1ccc(-c2ccnc(Cl)c2Cl)cc1Cl. The van der Waals surface area contributed by atoms with E-state index >= 15 is 0 Å². The molecule has 0 saturated heterocycles. The third kappa shape index (κ3) is 2.14. The van der Waals surface area contributed by atoms with E-state index in [2.05, 4.69) is 4.98 Å². The number of nitrogens with zero attached hydrogens (tertiary/aromatic N) is 1. The maximum Gasteiger partial charge on any atom is 0.148 e. The number of halogens is 4. The zero-order valence-corrected chi connectivity index (χ0v) is 10.1. The van der Waals surface area contributed by atoms with Crippen LogP contribution in [0.15, 0.2) is 30.5 Å². The molecule has 82 valence electrons. The summed E-state index contributed by atoms with van der Waals surface area (Å²) in [5.41, 5.74) is 1.37. The molecule has 5 heteroatoms. The molecule has 0 unspecified atom stereocenters. The lowest BCUT2D eigenvalue weighted by Crippen LogP contribution is -1.85. The highest BCUT2D eigenvalue weighted by Gasteiger charge is 2.09. The molecule has 0 bridgehead atoms. The van der Waals surface area contributed by atoms with E-state index in [9.17, 15) is 4.39 Å². The van der Waals surface area contributed by atoms with Crippen LogP contribution in [0, 0.1) is 5.82 Å². The van der Waals surface area contributed by atoms with Gasteiger partial charge in [0.25, 0.3) is 0 Å². The zero-order chi connectivity index (χ0) is 11.7. The van der Waals surface area contributed by atoms with Crippen molar-refractivity contribution in [2.24, 2.45) is 0 Å². The second-order valence-corrected chi connectivity index (χ2v) is 4.24. The number of hydrogen-bond acceptors (Lipinski definition) is 1. The first-order valence-corrected chi connectivity index (χ1v) is 5.48. The first kappa shape index (κ1) is 11.6. The van der Waals surface area contributed by atoms with Gasteiger partial charge in [-0.2, -0.15) is 0 Å². The molecule has 2 aromatic rings. The normalized spacial score (nSPS) is 10.5. The van der Waals surface area contributed by atoms with Crippen LogP contribution in [0.1, 0.15) is 0 Å². The summed E-state index contributed by atoms with van der Waals surface area (Å²) >= 11 is 17.5. The average Bonchev–Trinajstić information content (AvgIpc) is 2.26. The number of hydrogen-bond donors (Lipinski definition) is 0. The molecule has 1 nitrogen and oxygen atoms in total. The molecular formula is C11H5Cl3FN. The molecule has 0 radical (unpaired) electrons. The van der Waals surface area contributed by atoms with E-state index in [0.717, 1.165) is 0 Å². The average molecular weight is 277 g/mol. The minimum Gasteiger partial charge on any atom is -0.243 e. The second-order valence-electron chi connectivity index (χ2n) is 3.09. The summed E-state index contributed by atoms with van der Waals surface area (Å²) in [5, 5.41) is 0.577. The van der Waals surface area contributed by atoms with Crippen molar-refractivity contribution in [2.75, 3.05) is 0 Å². The van der Waals surface area contributed by atoms with Gasteiger partial charge in [0.15, 0.2) is 0 Å². The Morgan fingerprint density at radius 2 is 1.81 bits per heavy atom. The number of aromatic nitrogens is 1. The fourth-order valence-corrected chi connectivity index (χ4v) is 1.86. The summed E-state index contributed by atoms with van der Waals surface area (Å²) in [7, 11) is 0. The highest BCUT2D eigenvalue weighted by atomic mass is 35.5. The van der Waals surface area contributed by atoms with Crippen LogP contribution in [-0.4, -0.2) is 4.98 Å². The Morgan fingerprint density at radius 3 is 2.50 bits per heavy atom. The smallest absolute Gasteiger partial charge is 0.148 e. The summed E-state index contributed by atoms with van der Waals surface area (Å²) < 4.78 is 13.0. The summed E-state index contributed by atoms with van der Waals surface area (Å²) in [6.07, 6.45) is 1.53. The predicted molar refractivity (Wildman–Crippen MR) is 64.7 cm³/mol. The highest BCUT2D eigenvalue weighted by molar-refractivity contribution is 6.43. The van der Waals surface area contributed by atoms with Crippen molar-refractivity contribution in [3.05, 3.63) is 51.5 Å². The van der Waals surface area contributed by atoms with Crippen molar-refractivity contribution in [3.8, 4) is 11.1 Å². The maximum absolute atomic E-state index is 13.0. The van der Waals surface area contributed by atoms with E-state index in [0.29, 0.717) is 16.1 Å². The fourth-order valence-electron chi connectivity index (χ4n) is 1.30. The van der Waals surface area contributed by atoms with E-state index in [-0.39, 0.29) is 10.2 Å². The van der Waals surface area contributed by atoms with Crippen molar-refractivity contribution in [1.29, 1.82) is 0 Å². The number of rotatable bonds is 1. The Balaban J connectivity index is 2.59. The van der Waals surface area contributed by atoms with Crippen LogP contribution in [-0.2, 0) is 0 Å². The highest BCUT2D eigenvalue weighted by Crippen LogP contribution is 2.33. The summed E-state index contributed by atoms with van der Waals surface area (Å²) in [6.45, 7) is 0. The molecule has 0 atom stereocenters. The van der Waals surface area contributed by atoms with Gasteiger partial charge in [-0.1, -0.05) is 40.9 Å². The minimum absolute atomic E-state index is 0.0431. The van der Waals surface area contributed by atoms with Gasteiger partial charge in [-0.25, -0.2) is 9.37 Å². The minimum atomic E-state index is -0.471.